The molecule has 5 aliphatic rings. The van der Waals surface area contributed by atoms with E-state index in [2.05, 4.69) is 36.4 Å². The monoisotopic (exact) mass is 976 g/mol. The van der Waals surface area contributed by atoms with Crippen molar-refractivity contribution in [2.75, 3.05) is 46.2 Å². The average Bonchev–Trinajstić information content (AvgIpc) is 4.05. The summed E-state index contributed by atoms with van der Waals surface area (Å²) in [6.45, 7) is 17.0. The van der Waals surface area contributed by atoms with E-state index in [1.807, 2.05) is 70.5 Å². The molecule has 7 rings (SSSR count). The highest BCUT2D eigenvalue weighted by Gasteiger charge is 2.60. The van der Waals surface area contributed by atoms with Gasteiger partial charge >= 0.3 is 5.97 Å². The number of hydrogen-bond acceptors (Lipinski definition) is 13. The number of esters is 1. The van der Waals surface area contributed by atoms with Gasteiger partial charge < -0.3 is 34.5 Å². The maximum Gasteiger partial charge on any atom is 0.306 e. The van der Waals surface area contributed by atoms with Crippen LogP contribution < -0.4 is 10.6 Å². The lowest BCUT2D eigenvalue weighted by atomic mass is 9.48. The molecule has 3 amide bonds. The number of nitrogens with zero attached hydrogens (tertiary/aromatic N) is 2. The molecule has 4 fully saturated rings. The van der Waals surface area contributed by atoms with E-state index in [0.29, 0.717) is 51.0 Å². The molecule has 1 aromatic heterocycles. The maximum atomic E-state index is 14.0. The number of likely N-dealkylation sites (tertiary alicyclic amines) is 1. The molecule has 0 radical (unpaired) electrons. The van der Waals surface area contributed by atoms with E-state index in [1.165, 1.54) is 17.3 Å². The van der Waals surface area contributed by atoms with Gasteiger partial charge in [-0.1, -0.05) is 76.2 Å². The number of benzene rings is 1. The van der Waals surface area contributed by atoms with Crippen LogP contribution in [0.2, 0.25) is 0 Å². The van der Waals surface area contributed by atoms with Crippen molar-refractivity contribution in [2.24, 2.45) is 28.1 Å². The molecular formula is C52H72N4O10S2. The molecule has 0 spiro atoms. The van der Waals surface area contributed by atoms with Gasteiger partial charge in [0.25, 0.3) is 0 Å². The molecule has 3 heterocycles. The second-order valence-electron chi connectivity index (χ2n) is 21.5. The molecule has 1 aromatic carbocycles. The van der Waals surface area contributed by atoms with Crippen LogP contribution in [0.5, 0.6) is 0 Å². The van der Waals surface area contributed by atoms with Gasteiger partial charge in [-0.3, -0.25) is 28.8 Å². The summed E-state index contributed by atoms with van der Waals surface area (Å²) in [5.41, 5.74) is 4.57. The molecule has 16 heteroatoms. The number of cyclic esters (lactones) is 1. The number of ether oxygens (including phenoxy) is 4. The first kappa shape index (κ1) is 51.9. The summed E-state index contributed by atoms with van der Waals surface area (Å²) in [6, 6.07) is 6.28. The van der Waals surface area contributed by atoms with Crippen LogP contribution in [-0.4, -0.2) is 114 Å². The van der Waals surface area contributed by atoms with E-state index >= 15 is 0 Å². The number of carbonyl (C=O) groups is 6. The number of amides is 3. The Bertz CT molecular complexity index is 2220. The Morgan fingerprint density at radius 3 is 2.31 bits per heavy atom. The van der Waals surface area contributed by atoms with E-state index in [4.69, 9.17) is 18.9 Å². The third kappa shape index (κ3) is 11.6. The molecule has 3 aliphatic carbocycles. The van der Waals surface area contributed by atoms with Gasteiger partial charge in [-0.05, 0) is 112 Å². The number of allylic oxidation sites excluding steroid dienone is 2. The molecule has 9 atom stereocenters. The number of nitrogens with one attached hydrogen (secondary N) is 2. The second-order valence-corrected chi connectivity index (χ2v) is 23.6. The van der Waals surface area contributed by atoms with Crippen molar-refractivity contribution in [3.63, 3.8) is 0 Å². The minimum absolute atomic E-state index is 0.00329. The number of thiazole rings is 1. The third-order valence-electron chi connectivity index (χ3n) is 15.8. The topological polar surface area (TPSA) is 180 Å². The zero-order valence-electron chi connectivity index (χ0n) is 41.2. The molecule has 2 aliphatic heterocycles. The van der Waals surface area contributed by atoms with E-state index in [9.17, 15) is 28.8 Å². The smallest absolute Gasteiger partial charge is 0.306 e. The van der Waals surface area contributed by atoms with Crippen molar-refractivity contribution >= 4 is 57.7 Å². The molecule has 2 saturated heterocycles. The molecular weight excluding hydrogens is 905 g/mol. The highest BCUT2D eigenvalue weighted by atomic mass is 32.2. The molecule has 2 N–H and O–H groups in total. The Balaban J connectivity index is 0.813. The molecule has 2 saturated carbocycles. The van der Waals surface area contributed by atoms with Crippen LogP contribution in [0.15, 0.2) is 41.4 Å². The first-order chi connectivity index (χ1) is 32.2. The van der Waals surface area contributed by atoms with Gasteiger partial charge in [-0.25, -0.2) is 4.98 Å². The summed E-state index contributed by atoms with van der Waals surface area (Å²) >= 11 is 2.92. The van der Waals surface area contributed by atoms with Crippen LogP contribution in [0.25, 0.3) is 10.4 Å². The molecule has 5 unspecified atom stereocenters. The Labute approximate surface area is 410 Å². The number of carbonyl (C=O) groups excluding carboxylic acids is 6. The van der Waals surface area contributed by atoms with Crippen molar-refractivity contribution in [2.45, 2.75) is 149 Å². The predicted octanol–water partition coefficient (Wildman–Crippen LogP) is 7.71. The molecule has 2 aromatic rings. The van der Waals surface area contributed by atoms with Crippen LogP contribution in [-0.2, 0) is 47.7 Å². The molecule has 68 heavy (non-hydrogen) atoms. The number of rotatable bonds is 18. The summed E-state index contributed by atoms with van der Waals surface area (Å²) in [6.07, 6.45) is 9.06. The van der Waals surface area contributed by atoms with Crippen molar-refractivity contribution < 1.29 is 47.7 Å². The molecule has 14 nitrogen and oxygen atoms in total. The lowest BCUT2D eigenvalue weighted by Crippen LogP contribution is -2.58. The summed E-state index contributed by atoms with van der Waals surface area (Å²) in [4.78, 5) is 86.1. The normalized spacial score (nSPS) is 29.1. The minimum Gasteiger partial charge on any atom is -0.459 e. The van der Waals surface area contributed by atoms with Crippen molar-refractivity contribution in [3.8, 4) is 10.4 Å². The number of aromatic nitrogens is 1. The fourth-order valence-corrected chi connectivity index (χ4v) is 13.5. The zero-order chi connectivity index (χ0) is 49.0. The lowest BCUT2D eigenvalue weighted by Gasteiger charge is -2.59. The van der Waals surface area contributed by atoms with Gasteiger partial charge in [0.05, 0.1) is 48.6 Å². The quantitative estimate of drug-likeness (QED) is 0.110. The maximum absolute atomic E-state index is 14.0. The van der Waals surface area contributed by atoms with E-state index in [0.717, 1.165) is 47.4 Å². The highest BCUT2D eigenvalue weighted by Crippen LogP contribution is 2.64. The van der Waals surface area contributed by atoms with Gasteiger partial charge in [0, 0.05) is 30.1 Å². The van der Waals surface area contributed by atoms with E-state index in [-0.39, 0.29) is 96.4 Å². The summed E-state index contributed by atoms with van der Waals surface area (Å²) < 4.78 is 23.0. The van der Waals surface area contributed by atoms with Crippen LogP contribution in [0, 0.1) is 35.0 Å². The minimum atomic E-state index is -0.875. The number of hydrogen-bond donors (Lipinski definition) is 2. The van der Waals surface area contributed by atoms with Gasteiger partial charge in [-0.2, -0.15) is 0 Å². The largest absolute Gasteiger partial charge is 0.459 e. The van der Waals surface area contributed by atoms with Crippen molar-refractivity contribution in [1.29, 1.82) is 0 Å². The fraction of sp³-hybridized carbons (Fsp3) is 0.673. The Morgan fingerprint density at radius 2 is 1.65 bits per heavy atom. The van der Waals surface area contributed by atoms with Crippen LogP contribution >= 0.6 is 23.1 Å². The Hall–Kier alpha value is -3.96. The van der Waals surface area contributed by atoms with Crippen molar-refractivity contribution in [1.82, 2.24) is 20.5 Å². The van der Waals surface area contributed by atoms with Crippen LogP contribution in [0.3, 0.4) is 0 Å². The highest BCUT2D eigenvalue weighted by molar-refractivity contribution is 8.14. The first-order valence-corrected chi connectivity index (χ1v) is 26.3. The lowest BCUT2D eigenvalue weighted by molar-refractivity contribution is -0.165. The Kier molecular flexibility index (Phi) is 16.5. The van der Waals surface area contributed by atoms with Gasteiger partial charge in [0.2, 0.25) is 22.8 Å². The standard InChI is InChI=1S/C52H72N4O10S2/c1-32(34-11-13-35(14-12-34)45-33(2)53-31-67-45)54-47(61)40-10-9-21-56(40)48(62)46(49(3,4)5)55-42(58)29-64-24-22-63-23-25-65-30-44(60)68-41-27-36-26-37(57)15-19-51(36,7)39-16-18-50(6,28-38(39)41)52(8)20-17-43(59)66-52/h11-14,26,31-32,38-41,46H,9-10,15-25,27-30H2,1-8H3,(H,54,61)(H,55,58)/t32-,38?,39?,40-,41+,46?,50?,51?,52+/m0/s1. The molecule has 0 bridgehead atoms. The van der Waals surface area contributed by atoms with Gasteiger partial charge in [0.1, 0.15) is 30.9 Å². The average molecular weight is 977 g/mol. The summed E-state index contributed by atoms with van der Waals surface area (Å²) in [7, 11) is 0. The Morgan fingerprint density at radius 1 is 0.941 bits per heavy atom. The van der Waals surface area contributed by atoms with E-state index < -0.39 is 29.0 Å². The predicted molar refractivity (Wildman–Crippen MR) is 262 cm³/mol. The van der Waals surface area contributed by atoms with Crippen molar-refractivity contribution in [3.05, 3.63) is 52.7 Å². The number of aryl methyl sites for hydroxylation is 1. The van der Waals surface area contributed by atoms with Gasteiger partial charge in [-0.15, -0.1) is 11.3 Å². The van der Waals surface area contributed by atoms with Gasteiger partial charge in [0.15, 0.2) is 5.78 Å². The second kappa shape index (κ2) is 21.6. The number of ketones is 1. The first-order valence-electron chi connectivity index (χ1n) is 24.5. The van der Waals surface area contributed by atoms with Crippen LogP contribution in [0.4, 0.5) is 0 Å². The molecule has 372 valence electrons. The summed E-state index contributed by atoms with van der Waals surface area (Å²) in [5, 5.41) is 5.91. The number of fused-ring (bicyclic) bond motifs is 3. The SMILES string of the molecule is Cc1ncsc1-c1ccc([C@H](C)NC(=O)[C@@H]2CCCN2C(=O)C(NC(=O)COCCOCCOCC(=O)S[C@@H]2CC3=CC(=O)CCC3(C)C3CCC(C)([C@@]4(C)CCC(=O)O4)CC32)C(C)(C)C)cc1. The fourth-order valence-electron chi connectivity index (χ4n) is 11.5. The number of thioether (sulfide) groups is 1. The summed E-state index contributed by atoms with van der Waals surface area (Å²) in [5.74, 6) is -0.368. The van der Waals surface area contributed by atoms with Crippen LogP contribution in [0.1, 0.15) is 130 Å². The zero-order valence-corrected chi connectivity index (χ0v) is 42.9. The third-order valence-corrected chi connectivity index (χ3v) is 18.0. The van der Waals surface area contributed by atoms with E-state index in [1.54, 1.807) is 16.2 Å².